The summed E-state index contributed by atoms with van der Waals surface area (Å²) in [6, 6.07) is 7.33. The maximum Gasteiger partial charge on any atom is 0.312 e. The molecule has 0 spiro atoms. The molecular formula is C17H25N3O2. The van der Waals surface area contributed by atoms with Crippen LogP contribution in [0.5, 0.6) is 0 Å². The Kier molecular flexibility index (Phi) is 4.44. The molecule has 1 aliphatic rings. The molecule has 5 heteroatoms. The van der Waals surface area contributed by atoms with E-state index >= 15 is 0 Å². The van der Waals surface area contributed by atoms with E-state index in [4.69, 9.17) is 5.73 Å². The fourth-order valence-corrected chi connectivity index (χ4v) is 2.66. The highest BCUT2D eigenvalue weighted by Gasteiger charge is 2.46. The van der Waals surface area contributed by atoms with Gasteiger partial charge in [0.2, 0.25) is 0 Å². The first-order chi connectivity index (χ1) is 10.2. The first-order valence-electron chi connectivity index (χ1n) is 7.55. The van der Waals surface area contributed by atoms with Crippen LogP contribution in [0.2, 0.25) is 0 Å². The third kappa shape index (κ3) is 3.78. The van der Waals surface area contributed by atoms with E-state index in [1.807, 2.05) is 18.2 Å². The number of benzene rings is 1. The molecule has 1 aliphatic carbocycles. The second-order valence-corrected chi connectivity index (χ2v) is 6.98. The number of nitrogens with zero attached hydrogens (tertiary/aromatic N) is 2. The Balaban J connectivity index is 1.90. The zero-order valence-corrected chi connectivity index (χ0v) is 13.8. The molecule has 1 atom stereocenters. The van der Waals surface area contributed by atoms with Gasteiger partial charge in [-0.15, -0.1) is 0 Å². The first kappa shape index (κ1) is 16.3. The lowest BCUT2D eigenvalue weighted by atomic mass is 10.1. The summed E-state index contributed by atoms with van der Waals surface area (Å²) in [5.41, 5.74) is 7.59. The van der Waals surface area contributed by atoms with E-state index in [1.165, 1.54) is 9.80 Å². The number of carbonyl (C=O) groups excluding carboxylic acids is 2. The second-order valence-electron chi connectivity index (χ2n) is 6.98. The lowest BCUT2D eigenvalue weighted by Crippen LogP contribution is -2.42. The van der Waals surface area contributed by atoms with Gasteiger partial charge in [0.25, 0.3) is 0 Å². The lowest BCUT2D eigenvalue weighted by molar-refractivity contribution is -0.150. The van der Waals surface area contributed by atoms with E-state index in [2.05, 4.69) is 13.8 Å². The molecule has 0 heterocycles. The molecule has 5 nitrogen and oxygen atoms in total. The molecule has 1 saturated carbocycles. The number of hydrogen-bond acceptors (Lipinski definition) is 3. The van der Waals surface area contributed by atoms with Crippen molar-refractivity contribution in [3.63, 3.8) is 0 Å². The highest BCUT2D eigenvalue weighted by Crippen LogP contribution is 2.51. The Bertz CT molecular complexity index is 583. The molecule has 0 radical (unpaired) electrons. The molecule has 0 aliphatic heterocycles. The predicted octanol–water partition coefficient (Wildman–Crippen LogP) is 1.73. The van der Waals surface area contributed by atoms with Crippen LogP contribution in [0.15, 0.2) is 24.3 Å². The highest BCUT2D eigenvalue weighted by atomic mass is 16.2. The van der Waals surface area contributed by atoms with Crippen molar-refractivity contribution in [3.05, 3.63) is 29.8 Å². The molecule has 0 bridgehead atoms. The minimum atomic E-state index is -0.483. The van der Waals surface area contributed by atoms with Gasteiger partial charge in [0.15, 0.2) is 0 Å². The van der Waals surface area contributed by atoms with E-state index < -0.39 is 11.8 Å². The summed E-state index contributed by atoms with van der Waals surface area (Å²) in [4.78, 5) is 27.4. The number of amides is 2. The van der Waals surface area contributed by atoms with Crippen LogP contribution in [-0.2, 0) is 16.1 Å². The second kappa shape index (κ2) is 5.99. The number of nitrogen functional groups attached to an aromatic ring is 1. The molecule has 1 fully saturated rings. The van der Waals surface area contributed by atoms with Crippen molar-refractivity contribution < 1.29 is 9.59 Å². The van der Waals surface area contributed by atoms with Gasteiger partial charge < -0.3 is 15.5 Å². The summed E-state index contributed by atoms with van der Waals surface area (Å²) >= 11 is 0. The summed E-state index contributed by atoms with van der Waals surface area (Å²) in [5.74, 6) is -0.439. The number of carbonyl (C=O) groups is 2. The number of hydrogen-bond donors (Lipinski definition) is 1. The maximum absolute atomic E-state index is 12.2. The van der Waals surface area contributed by atoms with Crippen LogP contribution in [0.1, 0.15) is 25.8 Å². The van der Waals surface area contributed by atoms with Crippen LogP contribution in [-0.4, -0.2) is 42.3 Å². The van der Waals surface area contributed by atoms with Gasteiger partial charge in [0.1, 0.15) is 0 Å². The van der Waals surface area contributed by atoms with E-state index in [-0.39, 0.29) is 0 Å². The summed E-state index contributed by atoms with van der Waals surface area (Å²) < 4.78 is 0. The fourth-order valence-electron chi connectivity index (χ4n) is 2.66. The van der Waals surface area contributed by atoms with Gasteiger partial charge >= 0.3 is 11.8 Å². The number of nitrogens with two attached hydrogens (primary N) is 1. The number of rotatable bonds is 4. The highest BCUT2D eigenvalue weighted by molar-refractivity contribution is 6.34. The Labute approximate surface area is 132 Å². The van der Waals surface area contributed by atoms with E-state index in [9.17, 15) is 9.59 Å². The Morgan fingerprint density at radius 2 is 1.82 bits per heavy atom. The largest absolute Gasteiger partial charge is 0.399 e. The average Bonchev–Trinajstić information content (AvgIpc) is 3.03. The summed E-state index contributed by atoms with van der Waals surface area (Å²) in [7, 11) is 3.33. The van der Waals surface area contributed by atoms with E-state index in [1.54, 1.807) is 20.2 Å². The van der Waals surface area contributed by atoms with Crippen LogP contribution in [0, 0.1) is 11.3 Å². The van der Waals surface area contributed by atoms with Crippen LogP contribution >= 0.6 is 0 Å². The van der Waals surface area contributed by atoms with Gasteiger partial charge in [-0.2, -0.15) is 0 Å². The molecule has 2 rings (SSSR count). The average molecular weight is 303 g/mol. The van der Waals surface area contributed by atoms with Gasteiger partial charge in [-0.3, -0.25) is 9.59 Å². The Hall–Kier alpha value is -2.04. The molecule has 1 aromatic rings. The molecule has 22 heavy (non-hydrogen) atoms. The van der Waals surface area contributed by atoms with Gasteiger partial charge in [-0.1, -0.05) is 26.0 Å². The third-order valence-electron chi connectivity index (χ3n) is 4.46. The van der Waals surface area contributed by atoms with Crippen molar-refractivity contribution in [2.75, 3.05) is 26.4 Å². The molecule has 120 valence electrons. The standard InChI is InChI=1S/C17H25N3O2/c1-17(2)9-13(17)11-20(4)16(22)15(21)19(3)10-12-6-5-7-14(18)8-12/h5-8,13H,9-11,18H2,1-4H3. The molecule has 1 aromatic carbocycles. The first-order valence-corrected chi connectivity index (χ1v) is 7.55. The van der Waals surface area contributed by atoms with E-state index in [0.29, 0.717) is 30.1 Å². The quantitative estimate of drug-likeness (QED) is 0.680. The van der Waals surface area contributed by atoms with Crippen molar-refractivity contribution >= 4 is 17.5 Å². The SMILES string of the molecule is CN(Cc1cccc(N)c1)C(=O)C(=O)N(C)CC1CC1(C)C. The van der Waals surface area contributed by atoms with Crippen molar-refractivity contribution in [2.45, 2.75) is 26.8 Å². The van der Waals surface area contributed by atoms with Gasteiger partial charge in [0.05, 0.1) is 0 Å². The third-order valence-corrected chi connectivity index (χ3v) is 4.46. The summed E-state index contributed by atoms with van der Waals surface area (Å²) in [5, 5.41) is 0. The van der Waals surface area contributed by atoms with Crippen molar-refractivity contribution in [1.29, 1.82) is 0 Å². The molecular weight excluding hydrogens is 278 g/mol. The Morgan fingerprint density at radius 3 is 2.36 bits per heavy atom. The van der Waals surface area contributed by atoms with Crippen molar-refractivity contribution in [3.8, 4) is 0 Å². The fraction of sp³-hybridized carbons (Fsp3) is 0.529. The minimum absolute atomic E-state index is 0.297. The molecule has 0 aromatic heterocycles. The van der Waals surface area contributed by atoms with Crippen molar-refractivity contribution in [1.82, 2.24) is 9.80 Å². The van der Waals surface area contributed by atoms with Crippen LogP contribution < -0.4 is 5.73 Å². The number of anilines is 1. The van der Waals surface area contributed by atoms with Gasteiger partial charge in [0, 0.05) is 32.9 Å². The van der Waals surface area contributed by atoms with Crippen LogP contribution in [0.25, 0.3) is 0 Å². The van der Waals surface area contributed by atoms with Crippen LogP contribution in [0.4, 0.5) is 5.69 Å². The zero-order valence-electron chi connectivity index (χ0n) is 13.8. The van der Waals surface area contributed by atoms with Gasteiger partial charge in [-0.05, 0) is 35.4 Å². The van der Waals surface area contributed by atoms with Crippen molar-refractivity contribution in [2.24, 2.45) is 11.3 Å². The monoisotopic (exact) mass is 303 g/mol. The maximum atomic E-state index is 12.2. The predicted molar refractivity (Wildman–Crippen MR) is 86.9 cm³/mol. The minimum Gasteiger partial charge on any atom is -0.399 e. The van der Waals surface area contributed by atoms with Crippen LogP contribution in [0.3, 0.4) is 0 Å². The van der Waals surface area contributed by atoms with Gasteiger partial charge in [-0.25, -0.2) is 0 Å². The normalized spacial score (nSPS) is 18.6. The summed E-state index contributed by atoms with van der Waals surface area (Å²) in [6.45, 7) is 5.38. The molecule has 1 unspecified atom stereocenters. The summed E-state index contributed by atoms with van der Waals surface area (Å²) in [6.07, 6.45) is 1.11. The zero-order chi connectivity index (χ0) is 16.5. The van der Waals surface area contributed by atoms with E-state index in [0.717, 1.165) is 12.0 Å². The topological polar surface area (TPSA) is 66.6 Å². The smallest absolute Gasteiger partial charge is 0.312 e. The Morgan fingerprint density at radius 1 is 1.23 bits per heavy atom. The molecule has 2 amide bonds. The lowest BCUT2D eigenvalue weighted by Gasteiger charge is -2.22. The molecule has 0 saturated heterocycles. The molecule has 2 N–H and O–H groups in total. The number of likely N-dealkylation sites (N-methyl/N-ethyl adjacent to an activating group) is 2.